The summed E-state index contributed by atoms with van der Waals surface area (Å²) in [4.78, 5) is 26.0. The molecule has 2 fully saturated rings. The molecule has 2 aromatic rings. The van der Waals surface area contributed by atoms with Crippen molar-refractivity contribution in [2.75, 3.05) is 11.5 Å². The zero-order valence-electron chi connectivity index (χ0n) is 12.3. The van der Waals surface area contributed by atoms with Gasteiger partial charge >= 0.3 is 6.03 Å². The van der Waals surface area contributed by atoms with Crippen LogP contribution >= 0.6 is 11.8 Å². The largest absolute Gasteiger partial charge is 0.356 e. The number of hydrogen-bond acceptors (Lipinski definition) is 5. The maximum absolute atomic E-state index is 12.6. The molecule has 2 saturated heterocycles. The van der Waals surface area contributed by atoms with E-state index in [9.17, 15) is 9.59 Å². The number of rotatable bonds is 3. The van der Waals surface area contributed by atoms with Crippen molar-refractivity contribution in [3.8, 4) is 11.3 Å². The molecule has 0 radical (unpaired) electrons. The first-order valence-electron chi connectivity index (χ1n) is 7.41. The van der Waals surface area contributed by atoms with E-state index in [4.69, 9.17) is 4.52 Å². The lowest BCUT2D eigenvalue weighted by molar-refractivity contribution is -0.130. The summed E-state index contributed by atoms with van der Waals surface area (Å²) in [7, 11) is 0. The van der Waals surface area contributed by atoms with Gasteiger partial charge in [0.1, 0.15) is 11.2 Å². The molecule has 6 nitrogen and oxygen atoms in total. The number of nitrogens with zero attached hydrogens (tertiary/aromatic N) is 2. The standard InChI is InChI=1S/C16H15N3O3S/c20-14-16(6-7-23-10-16)17-15(21)19(14)9-12-8-13(22-18-12)11-4-2-1-3-5-11/h1-5,8H,6-7,9-10H2,(H,17,21). The van der Waals surface area contributed by atoms with Gasteiger partial charge in [-0.25, -0.2) is 4.79 Å². The fourth-order valence-corrected chi connectivity index (χ4v) is 4.26. The topological polar surface area (TPSA) is 75.4 Å². The molecule has 1 aromatic carbocycles. The van der Waals surface area contributed by atoms with Crippen molar-refractivity contribution in [1.29, 1.82) is 0 Å². The van der Waals surface area contributed by atoms with Gasteiger partial charge in [-0.1, -0.05) is 35.5 Å². The highest BCUT2D eigenvalue weighted by Crippen LogP contribution is 2.34. The molecule has 0 bridgehead atoms. The van der Waals surface area contributed by atoms with Crippen LogP contribution in [0.4, 0.5) is 4.79 Å². The predicted molar refractivity (Wildman–Crippen MR) is 85.7 cm³/mol. The van der Waals surface area contributed by atoms with Gasteiger partial charge in [0.05, 0.1) is 6.54 Å². The maximum atomic E-state index is 12.6. The van der Waals surface area contributed by atoms with Crippen LogP contribution in [-0.2, 0) is 11.3 Å². The second kappa shape index (κ2) is 5.42. The Morgan fingerprint density at radius 2 is 2.13 bits per heavy atom. The van der Waals surface area contributed by atoms with E-state index in [2.05, 4.69) is 10.5 Å². The molecule has 1 atom stereocenters. The fourth-order valence-electron chi connectivity index (χ4n) is 2.94. The van der Waals surface area contributed by atoms with E-state index >= 15 is 0 Å². The molecular formula is C16H15N3O3S. The molecule has 3 heterocycles. The number of carbonyl (C=O) groups is 2. The molecule has 1 aromatic heterocycles. The number of imide groups is 1. The maximum Gasteiger partial charge on any atom is 0.325 e. The van der Waals surface area contributed by atoms with Crippen molar-refractivity contribution in [3.63, 3.8) is 0 Å². The van der Waals surface area contributed by atoms with Crippen molar-refractivity contribution < 1.29 is 14.1 Å². The van der Waals surface area contributed by atoms with Crippen LogP contribution in [0.1, 0.15) is 12.1 Å². The van der Waals surface area contributed by atoms with Gasteiger partial charge in [0.25, 0.3) is 5.91 Å². The smallest absolute Gasteiger partial charge is 0.325 e. The summed E-state index contributed by atoms with van der Waals surface area (Å²) in [5, 5.41) is 6.83. The first-order chi connectivity index (χ1) is 11.2. The molecule has 23 heavy (non-hydrogen) atoms. The Morgan fingerprint density at radius 3 is 2.87 bits per heavy atom. The Kier molecular flexibility index (Phi) is 3.37. The molecule has 4 rings (SSSR count). The van der Waals surface area contributed by atoms with Crippen molar-refractivity contribution >= 4 is 23.7 Å². The number of thioether (sulfide) groups is 1. The molecule has 7 heteroatoms. The Labute approximate surface area is 137 Å². The van der Waals surface area contributed by atoms with Gasteiger partial charge in [-0.05, 0) is 12.2 Å². The number of nitrogens with one attached hydrogen (secondary N) is 1. The normalized spacial score (nSPS) is 23.7. The minimum Gasteiger partial charge on any atom is -0.356 e. The van der Waals surface area contributed by atoms with Gasteiger partial charge in [-0.2, -0.15) is 11.8 Å². The zero-order valence-corrected chi connectivity index (χ0v) is 13.1. The van der Waals surface area contributed by atoms with Crippen LogP contribution in [0.5, 0.6) is 0 Å². The van der Waals surface area contributed by atoms with Crippen LogP contribution in [0, 0.1) is 0 Å². The van der Waals surface area contributed by atoms with Gasteiger partial charge in [-0.3, -0.25) is 9.69 Å². The number of benzene rings is 1. The summed E-state index contributed by atoms with van der Waals surface area (Å²) in [6.07, 6.45) is 0.687. The predicted octanol–water partition coefficient (Wildman–Crippen LogP) is 2.27. The molecular weight excluding hydrogens is 314 g/mol. The Hall–Kier alpha value is -2.28. The molecule has 1 N–H and O–H groups in total. The van der Waals surface area contributed by atoms with E-state index in [1.165, 1.54) is 4.90 Å². The van der Waals surface area contributed by atoms with E-state index in [1.807, 2.05) is 30.3 Å². The van der Waals surface area contributed by atoms with Gasteiger partial charge in [0, 0.05) is 17.4 Å². The van der Waals surface area contributed by atoms with Crippen LogP contribution < -0.4 is 5.32 Å². The second-order valence-electron chi connectivity index (χ2n) is 5.75. The SMILES string of the molecule is O=C1NC2(CCSC2)C(=O)N1Cc1cc(-c2ccccc2)on1. The van der Waals surface area contributed by atoms with Gasteiger partial charge in [0.15, 0.2) is 5.76 Å². The van der Waals surface area contributed by atoms with E-state index in [0.29, 0.717) is 23.6 Å². The summed E-state index contributed by atoms with van der Waals surface area (Å²) in [5.41, 5.74) is 0.760. The quantitative estimate of drug-likeness (QED) is 0.874. The van der Waals surface area contributed by atoms with Crippen LogP contribution in [0.3, 0.4) is 0 Å². The average Bonchev–Trinajstić information content (AvgIpc) is 3.27. The van der Waals surface area contributed by atoms with E-state index in [0.717, 1.165) is 11.3 Å². The van der Waals surface area contributed by atoms with Crippen LogP contribution in [0.15, 0.2) is 40.9 Å². The van der Waals surface area contributed by atoms with Crippen molar-refractivity contribution in [2.45, 2.75) is 18.5 Å². The summed E-state index contributed by atoms with van der Waals surface area (Å²) in [5.74, 6) is 2.00. The molecule has 3 amide bonds. The molecule has 1 unspecified atom stereocenters. The highest BCUT2D eigenvalue weighted by atomic mass is 32.2. The minimum atomic E-state index is -0.715. The molecule has 0 saturated carbocycles. The third-order valence-corrected chi connectivity index (χ3v) is 5.39. The van der Waals surface area contributed by atoms with E-state index in [-0.39, 0.29) is 18.5 Å². The highest BCUT2D eigenvalue weighted by molar-refractivity contribution is 7.99. The van der Waals surface area contributed by atoms with Gasteiger partial charge < -0.3 is 9.84 Å². The third kappa shape index (κ3) is 2.41. The van der Waals surface area contributed by atoms with Crippen LogP contribution in [0.2, 0.25) is 0 Å². The zero-order chi connectivity index (χ0) is 15.9. The van der Waals surface area contributed by atoms with Crippen molar-refractivity contribution in [1.82, 2.24) is 15.4 Å². The Balaban J connectivity index is 1.54. The first-order valence-corrected chi connectivity index (χ1v) is 8.56. The molecule has 2 aliphatic heterocycles. The molecule has 0 aliphatic carbocycles. The average molecular weight is 329 g/mol. The Bertz CT molecular complexity index is 753. The lowest BCUT2D eigenvalue weighted by atomic mass is 9.99. The summed E-state index contributed by atoms with van der Waals surface area (Å²) < 4.78 is 5.32. The van der Waals surface area contributed by atoms with Crippen LogP contribution in [-0.4, -0.2) is 39.0 Å². The lowest BCUT2D eigenvalue weighted by Crippen LogP contribution is -2.46. The van der Waals surface area contributed by atoms with E-state index < -0.39 is 5.54 Å². The number of hydrogen-bond donors (Lipinski definition) is 1. The second-order valence-corrected chi connectivity index (χ2v) is 6.86. The summed E-state index contributed by atoms with van der Waals surface area (Å²) in [6.45, 7) is 0.132. The van der Waals surface area contributed by atoms with E-state index in [1.54, 1.807) is 17.8 Å². The van der Waals surface area contributed by atoms with Crippen molar-refractivity contribution in [2.24, 2.45) is 0 Å². The summed E-state index contributed by atoms with van der Waals surface area (Å²) in [6, 6.07) is 11.0. The number of aromatic nitrogens is 1. The first kappa shape index (κ1) is 14.3. The lowest BCUT2D eigenvalue weighted by Gasteiger charge is -2.18. The Morgan fingerprint density at radius 1 is 1.30 bits per heavy atom. The monoisotopic (exact) mass is 329 g/mol. The molecule has 118 valence electrons. The minimum absolute atomic E-state index is 0.132. The van der Waals surface area contributed by atoms with Gasteiger partial charge in [0.2, 0.25) is 0 Å². The van der Waals surface area contributed by atoms with Crippen LogP contribution in [0.25, 0.3) is 11.3 Å². The summed E-state index contributed by atoms with van der Waals surface area (Å²) >= 11 is 1.69. The van der Waals surface area contributed by atoms with Gasteiger partial charge in [-0.15, -0.1) is 0 Å². The number of amides is 3. The molecule has 1 spiro atoms. The molecule has 2 aliphatic rings. The fraction of sp³-hybridized carbons (Fsp3) is 0.312. The highest BCUT2D eigenvalue weighted by Gasteiger charge is 2.52. The number of urea groups is 1. The number of carbonyl (C=O) groups excluding carboxylic acids is 2. The van der Waals surface area contributed by atoms with Crippen molar-refractivity contribution in [3.05, 3.63) is 42.1 Å². The third-order valence-electron chi connectivity index (χ3n) is 4.20.